The lowest BCUT2D eigenvalue weighted by Crippen LogP contribution is -2.29. The number of aromatic nitrogens is 1. The molecule has 2 aromatic heterocycles. The summed E-state index contributed by atoms with van der Waals surface area (Å²) >= 11 is 6.31. The second-order valence-corrected chi connectivity index (χ2v) is 9.20. The second-order valence-electron chi connectivity index (χ2n) is 8.79. The van der Waals surface area contributed by atoms with Crippen molar-refractivity contribution in [2.75, 3.05) is 0 Å². The molecule has 33 heavy (non-hydrogen) atoms. The van der Waals surface area contributed by atoms with Gasteiger partial charge in [0.1, 0.15) is 5.58 Å². The van der Waals surface area contributed by atoms with Gasteiger partial charge in [-0.15, -0.1) is 0 Å². The van der Waals surface area contributed by atoms with E-state index in [4.69, 9.17) is 16.0 Å². The number of hydrogen-bond acceptors (Lipinski definition) is 4. The second kappa shape index (κ2) is 8.16. The van der Waals surface area contributed by atoms with Gasteiger partial charge in [-0.2, -0.15) is 0 Å². The van der Waals surface area contributed by atoms with Crippen molar-refractivity contribution in [2.24, 2.45) is 0 Å². The van der Waals surface area contributed by atoms with Crippen molar-refractivity contribution in [3.8, 4) is 0 Å². The molecule has 0 saturated carbocycles. The van der Waals surface area contributed by atoms with Gasteiger partial charge < -0.3 is 9.32 Å². The first-order valence-corrected chi connectivity index (χ1v) is 11.3. The van der Waals surface area contributed by atoms with E-state index in [-0.39, 0.29) is 17.1 Å². The molecule has 4 aromatic rings. The monoisotopic (exact) mass is 458 g/mol. The van der Waals surface area contributed by atoms with Crippen LogP contribution in [0.15, 0.2) is 70.1 Å². The predicted octanol–water partition coefficient (Wildman–Crippen LogP) is 6.02. The number of carbonyl (C=O) groups is 1. The van der Waals surface area contributed by atoms with E-state index in [1.165, 1.54) is 5.56 Å². The Balaban J connectivity index is 1.72. The number of nitrogens with zero attached hydrogens (tertiary/aromatic N) is 2. The average Bonchev–Trinajstić information content (AvgIpc) is 3.08. The lowest BCUT2D eigenvalue weighted by Gasteiger charge is -2.25. The Morgan fingerprint density at radius 2 is 1.88 bits per heavy atom. The fourth-order valence-electron chi connectivity index (χ4n) is 4.40. The van der Waals surface area contributed by atoms with E-state index in [1.807, 2.05) is 43.3 Å². The minimum Gasteiger partial charge on any atom is -0.450 e. The normalized spacial score (nSPS) is 15.5. The van der Waals surface area contributed by atoms with Crippen LogP contribution in [0.1, 0.15) is 64.2 Å². The van der Waals surface area contributed by atoms with E-state index in [0.29, 0.717) is 34.0 Å². The first-order chi connectivity index (χ1) is 15.8. The number of carbonyl (C=O) groups excluding carboxylic acids is 1. The fraction of sp³-hybridized carbons (Fsp3) is 0.222. The molecule has 1 aliphatic heterocycles. The smallest absolute Gasteiger partial charge is 0.291 e. The summed E-state index contributed by atoms with van der Waals surface area (Å²) in [6.07, 6.45) is 3.42. The number of fused-ring (bicyclic) bond motifs is 2. The molecule has 5 nitrogen and oxygen atoms in total. The Labute approximate surface area is 196 Å². The fourth-order valence-corrected chi connectivity index (χ4v) is 4.57. The van der Waals surface area contributed by atoms with Crippen molar-refractivity contribution >= 4 is 28.5 Å². The Kier molecular flexibility index (Phi) is 5.29. The summed E-state index contributed by atoms with van der Waals surface area (Å²) in [5.41, 5.74) is 4.20. The molecule has 0 fully saturated rings. The maximum absolute atomic E-state index is 13.7. The van der Waals surface area contributed by atoms with Crippen LogP contribution >= 0.6 is 11.6 Å². The Bertz CT molecular complexity index is 1430. The summed E-state index contributed by atoms with van der Waals surface area (Å²) in [5, 5.41) is 0.869. The topological polar surface area (TPSA) is 63.4 Å². The van der Waals surface area contributed by atoms with E-state index < -0.39 is 6.04 Å². The first-order valence-electron chi connectivity index (χ1n) is 10.9. The summed E-state index contributed by atoms with van der Waals surface area (Å²) in [4.78, 5) is 33.1. The predicted molar refractivity (Wildman–Crippen MR) is 129 cm³/mol. The van der Waals surface area contributed by atoms with Gasteiger partial charge in [-0.25, -0.2) is 0 Å². The van der Waals surface area contributed by atoms with Crippen molar-refractivity contribution in [1.29, 1.82) is 0 Å². The van der Waals surface area contributed by atoms with Gasteiger partial charge in [-0.05, 0) is 53.3 Å². The highest BCUT2D eigenvalue weighted by molar-refractivity contribution is 6.32. The van der Waals surface area contributed by atoms with Gasteiger partial charge in [0.15, 0.2) is 5.43 Å². The molecule has 6 heteroatoms. The van der Waals surface area contributed by atoms with Crippen LogP contribution < -0.4 is 5.43 Å². The zero-order chi connectivity index (χ0) is 23.3. The third-order valence-corrected chi connectivity index (χ3v) is 6.65. The standard InChI is InChI=1S/C27H23ClN2O3/c1-15(2)18-6-8-19(9-7-18)24-23-25(31)20-12-21(28)16(3)11-22(20)33-26(23)27(32)30(24)14-17-5-4-10-29-13-17/h4-13,15,24H,14H2,1-3H3/t24-/m0/s1. The molecule has 1 aliphatic rings. The van der Waals surface area contributed by atoms with E-state index in [1.54, 1.807) is 29.4 Å². The van der Waals surface area contributed by atoms with Gasteiger partial charge in [0, 0.05) is 24.0 Å². The van der Waals surface area contributed by atoms with Crippen LogP contribution in [0, 0.1) is 6.92 Å². The number of rotatable bonds is 4. The zero-order valence-electron chi connectivity index (χ0n) is 18.6. The number of aryl methyl sites for hydroxylation is 1. The van der Waals surface area contributed by atoms with Gasteiger partial charge in [0.05, 0.1) is 17.0 Å². The maximum Gasteiger partial charge on any atom is 0.291 e. The molecular weight excluding hydrogens is 436 g/mol. The van der Waals surface area contributed by atoms with Crippen LogP contribution in [0.5, 0.6) is 0 Å². The molecule has 0 saturated heterocycles. The molecule has 0 radical (unpaired) electrons. The average molecular weight is 459 g/mol. The SMILES string of the molecule is Cc1cc2oc3c(c(=O)c2cc1Cl)[C@H](c1ccc(C(C)C)cc1)N(Cc1cccnc1)C3=O. The van der Waals surface area contributed by atoms with Crippen LogP contribution in [0.2, 0.25) is 5.02 Å². The van der Waals surface area contributed by atoms with Gasteiger partial charge in [0.25, 0.3) is 5.91 Å². The highest BCUT2D eigenvalue weighted by atomic mass is 35.5. The molecule has 0 spiro atoms. The lowest BCUT2D eigenvalue weighted by molar-refractivity contribution is 0.0714. The molecule has 5 rings (SSSR count). The Hall–Kier alpha value is -3.44. The maximum atomic E-state index is 13.7. The number of halogens is 1. The van der Waals surface area contributed by atoms with Crippen LogP contribution in [0.25, 0.3) is 11.0 Å². The summed E-state index contributed by atoms with van der Waals surface area (Å²) in [6.45, 7) is 6.41. The Morgan fingerprint density at radius 3 is 2.55 bits per heavy atom. The van der Waals surface area contributed by atoms with Gasteiger partial charge in [-0.1, -0.05) is 55.8 Å². The molecule has 2 aromatic carbocycles. The van der Waals surface area contributed by atoms with E-state index >= 15 is 0 Å². The van der Waals surface area contributed by atoms with Crippen LogP contribution in [0.4, 0.5) is 0 Å². The van der Waals surface area contributed by atoms with E-state index in [2.05, 4.69) is 18.8 Å². The number of pyridine rings is 1. The van der Waals surface area contributed by atoms with Crippen LogP contribution in [-0.2, 0) is 6.54 Å². The first kappa shape index (κ1) is 21.4. The third kappa shape index (κ3) is 3.62. The van der Waals surface area contributed by atoms with Gasteiger partial charge in [-0.3, -0.25) is 14.6 Å². The van der Waals surface area contributed by atoms with Crippen LogP contribution in [0.3, 0.4) is 0 Å². The molecular formula is C27H23ClN2O3. The van der Waals surface area contributed by atoms with Gasteiger partial charge in [0.2, 0.25) is 5.76 Å². The number of amides is 1. The molecule has 0 unspecified atom stereocenters. The highest BCUT2D eigenvalue weighted by Gasteiger charge is 2.42. The van der Waals surface area contributed by atoms with Crippen molar-refractivity contribution < 1.29 is 9.21 Å². The summed E-state index contributed by atoms with van der Waals surface area (Å²) in [5.74, 6) is 0.164. The van der Waals surface area contributed by atoms with Crippen molar-refractivity contribution in [3.63, 3.8) is 0 Å². The third-order valence-electron chi connectivity index (χ3n) is 6.24. The van der Waals surface area contributed by atoms with Gasteiger partial charge >= 0.3 is 0 Å². The molecule has 1 atom stereocenters. The molecule has 3 heterocycles. The quantitative estimate of drug-likeness (QED) is 0.375. The van der Waals surface area contributed by atoms with Crippen molar-refractivity contribution in [2.45, 2.75) is 39.3 Å². The van der Waals surface area contributed by atoms with Crippen LogP contribution in [-0.4, -0.2) is 15.8 Å². The zero-order valence-corrected chi connectivity index (χ0v) is 19.4. The minimum atomic E-state index is -0.561. The molecule has 0 N–H and O–H groups in total. The van der Waals surface area contributed by atoms with E-state index in [0.717, 1.165) is 16.7 Å². The molecule has 1 amide bonds. The van der Waals surface area contributed by atoms with Crippen molar-refractivity contribution in [3.05, 3.63) is 110 Å². The lowest BCUT2D eigenvalue weighted by atomic mass is 9.95. The summed E-state index contributed by atoms with van der Waals surface area (Å²) < 4.78 is 6.05. The molecule has 0 bridgehead atoms. The number of benzene rings is 2. The molecule has 166 valence electrons. The summed E-state index contributed by atoms with van der Waals surface area (Å²) in [6, 6.07) is 14.6. The largest absolute Gasteiger partial charge is 0.450 e. The summed E-state index contributed by atoms with van der Waals surface area (Å²) in [7, 11) is 0. The number of hydrogen-bond donors (Lipinski definition) is 0. The minimum absolute atomic E-state index is 0.0936. The molecule has 0 aliphatic carbocycles. The van der Waals surface area contributed by atoms with Crippen molar-refractivity contribution in [1.82, 2.24) is 9.88 Å². The highest BCUT2D eigenvalue weighted by Crippen LogP contribution is 2.40. The van der Waals surface area contributed by atoms with E-state index in [9.17, 15) is 9.59 Å². The Morgan fingerprint density at radius 1 is 1.12 bits per heavy atom.